The Bertz CT molecular complexity index is 559. The van der Waals surface area contributed by atoms with E-state index in [1.807, 2.05) is 12.1 Å². The molecule has 1 N–H and O–H groups in total. The molecule has 0 saturated carbocycles. The van der Waals surface area contributed by atoms with Crippen molar-refractivity contribution in [1.29, 1.82) is 0 Å². The summed E-state index contributed by atoms with van der Waals surface area (Å²) in [5, 5.41) is 0. The number of nitrogens with zero attached hydrogens (tertiary/aromatic N) is 2. The van der Waals surface area contributed by atoms with Crippen molar-refractivity contribution in [2.45, 2.75) is 12.8 Å². The largest absolute Gasteiger partial charge is 0.341 e. The second-order valence-corrected chi connectivity index (χ2v) is 6.94. The van der Waals surface area contributed by atoms with Crippen LogP contribution >= 0.6 is 0 Å². The molecule has 0 bridgehead atoms. The molecule has 1 fully saturated rings. The molecule has 110 valence electrons. The molecule has 20 heavy (non-hydrogen) atoms. The second kappa shape index (κ2) is 6.32. The lowest BCUT2D eigenvalue weighted by molar-refractivity contribution is -0.127. The van der Waals surface area contributed by atoms with E-state index in [-0.39, 0.29) is 5.91 Å². The Morgan fingerprint density at radius 1 is 1.45 bits per heavy atom. The summed E-state index contributed by atoms with van der Waals surface area (Å²) in [5.41, 5.74) is 1.20. The number of carbonyl (C=O) groups excluding carboxylic acids is 1. The number of sulfonamides is 1. The summed E-state index contributed by atoms with van der Waals surface area (Å²) in [6, 6.07) is 3.94. The molecule has 0 radical (unpaired) electrons. The normalized spacial score (nSPS) is 19.2. The van der Waals surface area contributed by atoms with Gasteiger partial charge in [0, 0.05) is 25.5 Å². The third-order valence-electron chi connectivity index (χ3n) is 3.54. The Labute approximate surface area is 119 Å². The van der Waals surface area contributed by atoms with E-state index in [0.717, 1.165) is 12.8 Å². The number of aromatic nitrogens is 1. The minimum atomic E-state index is -3.48. The van der Waals surface area contributed by atoms with Crippen molar-refractivity contribution in [3.8, 4) is 0 Å². The summed E-state index contributed by atoms with van der Waals surface area (Å²) in [5.74, 6) is -0.402. The Kier molecular flexibility index (Phi) is 4.72. The van der Waals surface area contributed by atoms with Gasteiger partial charge >= 0.3 is 0 Å². The molecule has 1 amide bonds. The minimum Gasteiger partial charge on any atom is -0.341 e. The van der Waals surface area contributed by atoms with Crippen LogP contribution in [0.3, 0.4) is 0 Å². The summed E-state index contributed by atoms with van der Waals surface area (Å²) < 4.78 is 24.9. The first-order valence-corrected chi connectivity index (χ1v) is 8.23. The monoisotopic (exact) mass is 297 g/mol. The molecule has 0 aliphatic carbocycles. The van der Waals surface area contributed by atoms with Crippen LogP contribution in [-0.4, -0.2) is 50.1 Å². The fraction of sp³-hybridized carbons (Fsp3) is 0.538. The molecule has 1 aliphatic heterocycles. The molecule has 1 aromatic heterocycles. The van der Waals surface area contributed by atoms with E-state index >= 15 is 0 Å². The zero-order valence-corrected chi connectivity index (χ0v) is 12.3. The van der Waals surface area contributed by atoms with Crippen molar-refractivity contribution >= 4 is 15.9 Å². The standard InChI is InChI=1S/C13H19N3O3S/c1-14-20(18,19)10-13(17)16-7-4-12(9-16)8-11-2-5-15-6-3-11/h2-3,5-6,12,14H,4,7-10H2,1H3. The highest BCUT2D eigenvalue weighted by molar-refractivity contribution is 7.90. The molecule has 2 heterocycles. The Morgan fingerprint density at radius 2 is 2.15 bits per heavy atom. The number of likely N-dealkylation sites (tertiary alicyclic amines) is 1. The molecule has 1 unspecified atom stereocenters. The van der Waals surface area contributed by atoms with Gasteiger partial charge in [-0.1, -0.05) is 0 Å². The molecule has 1 saturated heterocycles. The van der Waals surface area contributed by atoms with Crippen LogP contribution < -0.4 is 4.72 Å². The Hall–Kier alpha value is -1.47. The van der Waals surface area contributed by atoms with Crippen LogP contribution in [0.2, 0.25) is 0 Å². The van der Waals surface area contributed by atoms with Crippen molar-refractivity contribution in [1.82, 2.24) is 14.6 Å². The fourth-order valence-electron chi connectivity index (χ4n) is 2.40. The predicted molar refractivity (Wildman–Crippen MR) is 75.5 cm³/mol. The van der Waals surface area contributed by atoms with Crippen molar-refractivity contribution in [3.05, 3.63) is 30.1 Å². The summed E-state index contributed by atoms with van der Waals surface area (Å²) in [4.78, 5) is 17.5. The van der Waals surface area contributed by atoms with Gasteiger partial charge in [0.25, 0.3) is 0 Å². The maximum Gasteiger partial charge on any atom is 0.239 e. The van der Waals surface area contributed by atoms with Crippen LogP contribution in [0.1, 0.15) is 12.0 Å². The van der Waals surface area contributed by atoms with Gasteiger partial charge in [-0.2, -0.15) is 0 Å². The summed E-state index contributed by atoms with van der Waals surface area (Å²) in [7, 11) is -2.16. The lowest BCUT2D eigenvalue weighted by atomic mass is 10.00. The molecule has 0 spiro atoms. The molecule has 1 aromatic rings. The zero-order valence-electron chi connectivity index (χ0n) is 11.4. The number of pyridine rings is 1. The highest BCUT2D eigenvalue weighted by Crippen LogP contribution is 2.20. The van der Waals surface area contributed by atoms with Gasteiger partial charge in [0.15, 0.2) is 0 Å². The maximum absolute atomic E-state index is 11.9. The van der Waals surface area contributed by atoms with Gasteiger partial charge in [0.05, 0.1) is 0 Å². The van der Waals surface area contributed by atoms with Gasteiger partial charge in [-0.3, -0.25) is 9.78 Å². The van der Waals surface area contributed by atoms with Crippen LogP contribution in [0.25, 0.3) is 0 Å². The third-order valence-corrected chi connectivity index (χ3v) is 4.79. The molecular formula is C13H19N3O3S. The van der Waals surface area contributed by atoms with Crippen LogP contribution in [0.5, 0.6) is 0 Å². The Balaban J connectivity index is 1.88. The van der Waals surface area contributed by atoms with Crippen molar-refractivity contribution < 1.29 is 13.2 Å². The average Bonchev–Trinajstić information content (AvgIpc) is 2.88. The predicted octanol–water partition coefficient (Wildman–Crippen LogP) is 0.0218. The van der Waals surface area contributed by atoms with Crippen LogP contribution in [-0.2, 0) is 21.2 Å². The fourth-order valence-corrected chi connectivity index (χ4v) is 3.06. The van der Waals surface area contributed by atoms with Gasteiger partial charge in [0.1, 0.15) is 5.75 Å². The first-order valence-electron chi connectivity index (χ1n) is 6.58. The lowest BCUT2D eigenvalue weighted by Crippen LogP contribution is -2.37. The van der Waals surface area contributed by atoms with Crippen LogP contribution in [0.4, 0.5) is 0 Å². The summed E-state index contributed by atoms with van der Waals surface area (Å²) in [6.07, 6.45) is 5.32. The van der Waals surface area contributed by atoms with Gasteiger partial charge in [-0.15, -0.1) is 0 Å². The molecule has 2 rings (SSSR count). The van der Waals surface area contributed by atoms with Crippen molar-refractivity contribution in [2.24, 2.45) is 5.92 Å². The molecule has 1 atom stereocenters. The molecule has 6 nitrogen and oxygen atoms in total. The van der Waals surface area contributed by atoms with Crippen molar-refractivity contribution in [2.75, 3.05) is 25.9 Å². The van der Waals surface area contributed by atoms with E-state index in [0.29, 0.717) is 19.0 Å². The van der Waals surface area contributed by atoms with E-state index in [9.17, 15) is 13.2 Å². The van der Waals surface area contributed by atoms with Gasteiger partial charge in [0.2, 0.25) is 15.9 Å². The zero-order chi connectivity index (χ0) is 14.6. The van der Waals surface area contributed by atoms with E-state index in [4.69, 9.17) is 0 Å². The Morgan fingerprint density at radius 3 is 2.80 bits per heavy atom. The smallest absolute Gasteiger partial charge is 0.239 e. The molecule has 0 aromatic carbocycles. The van der Waals surface area contributed by atoms with Crippen LogP contribution in [0.15, 0.2) is 24.5 Å². The molecule has 7 heteroatoms. The maximum atomic E-state index is 11.9. The highest BCUT2D eigenvalue weighted by atomic mass is 32.2. The highest BCUT2D eigenvalue weighted by Gasteiger charge is 2.28. The average molecular weight is 297 g/mol. The number of carbonyl (C=O) groups is 1. The molecular weight excluding hydrogens is 278 g/mol. The number of nitrogens with one attached hydrogen (secondary N) is 1. The number of hydrogen-bond acceptors (Lipinski definition) is 4. The first-order chi connectivity index (χ1) is 9.50. The quantitative estimate of drug-likeness (QED) is 0.831. The summed E-state index contributed by atoms with van der Waals surface area (Å²) in [6.45, 7) is 1.26. The SMILES string of the molecule is CNS(=O)(=O)CC(=O)N1CCC(Cc2ccncc2)C1. The summed E-state index contributed by atoms with van der Waals surface area (Å²) >= 11 is 0. The number of amides is 1. The van der Waals surface area contributed by atoms with E-state index < -0.39 is 15.8 Å². The van der Waals surface area contributed by atoms with Crippen molar-refractivity contribution in [3.63, 3.8) is 0 Å². The lowest BCUT2D eigenvalue weighted by Gasteiger charge is -2.16. The second-order valence-electron chi connectivity index (χ2n) is 5.02. The third kappa shape index (κ3) is 4.01. The van der Waals surface area contributed by atoms with E-state index in [2.05, 4.69) is 9.71 Å². The number of hydrogen-bond donors (Lipinski definition) is 1. The first kappa shape index (κ1) is 14.9. The van der Waals surface area contributed by atoms with E-state index in [1.165, 1.54) is 12.6 Å². The van der Waals surface area contributed by atoms with Crippen LogP contribution in [0, 0.1) is 5.92 Å². The minimum absolute atomic E-state index is 0.323. The van der Waals surface area contributed by atoms with Gasteiger partial charge in [-0.05, 0) is 43.5 Å². The topological polar surface area (TPSA) is 79.4 Å². The van der Waals surface area contributed by atoms with E-state index in [1.54, 1.807) is 17.3 Å². The number of rotatable bonds is 5. The van der Waals surface area contributed by atoms with Gasteiger partial charge < -0.3 is 4.90 Å². The van der Waals surface area contributed by atoms with Gasteiger partial charge in [-0.25, -0.2) is 13.1 Å². The molecule has 1 aliphatic rings.